The maximum Gasteiger partial charge on any atom is 0.203 e. The van der Waals surface area contributed by atoms with Crippen molar-refractivity contribution in [3.05, 3.63) is 36.2 Å². The highest BCUT2D eigenvalue weighted by atomic mass is 35.5. The van der Waals surface area contributed by atoms with Gasteiger partial charge >= 0.3 is 0 Å². The Morgan fingerprint density at radius 3 is 2.05 bits per heavy atom. The summed E-state index contributed by atoms with van der Waals surface area (Å²) in [6.07, 6.45) is 3.52. The normalized spacial score (nSPS) is 10.2. The Balaban J connectivity index is 2.56. The number of benzene rings is 1. The van der Waals surface area contributed by atoms with Crippen LogP contribution in [0.3, 0.4) is 0 Å². The number of hydrogen-bond donors (Lipinski definition) is 0. The van der Waals surface area contributed by atoms with E-state index in [1.54, 1.807) is 33.7 Å². The van der Waals surface area contributed by atoms with E-state index in [0.29, 0.717) is 23.1 Å². The molecule has 20 heavy (non-hydrogen) atoms. The molecule has 5 heteroatoms. The van der Waals surface area contributed by atoms with Crippen LogP contribution in [0, 0.1) is 0 Å². The number of rotatable bonds is 5. The van der Waals surface area contributed by atoms with E-state index in [9.17, 15) is 0 Å². The summed E-state index contributed by atoms with van der Waals surface area (Å²) in [6.45, 7) is 0. The van der Waals surface area contributed by atoms with Gasteiger partial charge in [-0.05, 0) is 29.3 Å². The maximum atomic E-state index is 5.84. The molecule has 0 unspecified atom stereocenters. The Hall–Kier alpha value is -1.94. The van der Waals surface area contributed by atoms with Crippen molar-refractivity contribution in [3.8, 4) is 28.4 Å². The Morgan fingerprint density at radius 1 is 0.900 bits per heavy atom. The molecule has 0 aliphatic rings. The van der Waals surface area contributed by atoms with Crippen molar-refractivity contribution in [2.24, 2.45) is 0 Å². The smallest absolute Gasteiger partial charge is 0.203 e. The third-order valence-corrected chi connectivity index (χ3v) is 3.26. The van der Waals surface area contributed by atoms with Crippen LogP contribution in [0.4, 0.5) is 0 Å². The SMILES string of the molecule is COc1cc(-c2cncc(CCl)c2)cc(OC)c1OC. The van der Waals surface area contributed by atoms with Crippen molar-refractivity contribution < 1.29 is 14.2 Å². The van der Waals surface area contributed by atoms with Gasteiger partial charge in [-0.1, -0.05) is 0 Å². The molecular weight excluding hydrogens is 278 g/mol. The van der Waals surface area contributed by atoms with Gasteiger partial charge < -0.3 is 14.2 Å². The molecule has 0 atom stereocenters. The minimum Gasteiger partial charge on any atom is -0.493 e. The van der Waals surface area contributed by atoms with E-state index in [2.05, 4.69) is 4.98 Å². The molecule has 0 fully saturated rings. The van der Waals surface area contributed by atoms with Crippen LogP contribution in [0.25, 0.3) is 11.1 Å². The minimum absolute atomic E-state index is 0.422. The zero-order chi connectivity index (χ0) is 14.5. The summed E-state index contributed by atoms with van der Waals surface area (Å²) >= 11 is 5.84. The number of aromatic nitrogens is 1. The molecule has 2 rings (SSSR count). The first kappa shape index (κ1) is 14.5. The van der Waals surface area contributed by atoms with Gasteiger partial charge in [-0.25, -0.2) is 0 Å². The van der Waals surface area contributed by atoms with Gasteiger partial charge in [0.2, 0.25) is 5.75 Å². The second-order valence-corrected chi connectivity index (χ2v) is 4.40. The topological polar surface area (TPSA) is 40.6 Å². The molecule has 0 spiro atoms. The van der Waals surface area contributed by atoms with Crippen LogP contribution in [0.5, 0.6) is 17.2 Å². The van der Waals surface area contributed by atoms with Gasteiger partial charge in [0, 0.05) is 23.8 Å². The van der Waals surface area contributed by atoms with Gasteiger partial charge in [0.25, 0.3) is 0 Å². The lowest BCUT2D eigenvalue weighted by atomic mass is 10.0. The lowest BCUT2D eigenvalue weighted by molar-refractivity contribution is 0.324. The Labute approximate surface area is 123 Å². The number of hydrogen-bond acceptors (Lipinski definition) is 4. The van der Waals surface area contributed by atoms with E-state index in [1.807, 2.05) is 18.2 Å². The number of alkyl halides is 1. The Morgan fingerprint density at radius 2 is 1.55 bits per heavy atom. The highest BCUT2D eigenvalue weighted by molar-refractivity contribution is 6.17. The molecule has 0 radical (unpaired) electrons. The van der Waals surface area contributed by atoms with Crippen LogP contribution in [0.2, 0.25) is 0 Å². The average Bonchev–Trinajstić information content (AvgIpc) is 2.53. The van der Waals surface area contributed by atoms with Gasteiger partial charge in [0.15, 0.2) is 11.5 Å². The first-order chi connectivity index (χ1) is 9.73. The predicted molar refractivity (Wildman–Crippen MR) is 78.9 cm³/mol. The number of nitrogens with zero attached hydrogens (tertiary/aromatic N) is 1. The quantitative estimate of drug-likeness (QED) is 0.791. The zero-order valence-corrected chi connectivity index (χ0v) is 12.4. The van der Waals surface area contributed by atoms with Gasteiger partial charge in [-0.2, -0.15) is 0 Å². The Kier molecular flexibility index (Phi) is 4.69. The number of pyridine rings is 1. The molecule has 106 valence electrons. The summed E-state index contributed by atoms with van der Waals surface area (Å²) < 4.78 is 16.0. The summed E-state index contributed by atoms with van der Waals surface area (Å²) in [5.41, 5.74) is 2.83. The van der Waals surface area contributed by atoms with Crippen LogP contribution in [0.1, 0.15) is 5.56 Å². The summed E-state index contributed by atoms with van der Waals surface area (Å²) in [7, 11) is 4.76. The molecular formula is C15H16ClNO3. The summed E-state index contributed by atoms with van der Waals surface area (Å²) in [6, 6.07) is 5.76. The van der Waals surface area contributed by atoms with E-state index in [0.717, 1.165) is 16.7 Å². The van der Waals surface area contributed by atoms with Crippen LogP contribution in [-0.2, 0) is 5.88 Å². The molecule has 0 saturated carbocycles. The first-order valence-corrected chi connectivity index (χ1v) is 6.57. The first-order valence-electron chi connectivity index (χ1n) is 6.03. The highest BCUT2D eigenvalue weighted by Crippen LogP contribution is 2.41. The molecule has 0 bridgehead atoms. The fourth-order valence-corrected chi connectivity index (χ4v) is 2.11. The van der Waals surface area contributed by atoms with Crippen molar-refractivity contribution in [2.75, 3.05) is 21.3 Å². The fourth-order valence-electron chi connectivity index (χ4n) is 1.97. The zero-order valence-electron chi connectivity index (χ0n) is 11.6. The maximum absolute atomic E-state index is 5.84. The van der Waals surface area contributed by atoms with E-state index >= 15 is 0 Å². The van der Waals surface area contributed by atoms with E-state index in [4.69, 9.17) is 25.8 Å². The van der Waals surface area contributed by atoms with E-state index in [-0.39, 0.29) is 0 Å². The van der Waals surface area contributed by atoms with Gasteiger partial charge in [-0.3, -0.25) is 4.98 Å². The predicted octanol–water partition coefficient (Wildman–Crippen LogP) is 3.51. The lowest BCUT2D eigenvalue weighted by Gasteiger charge is -2.14. The number of ether oxygens (including phenoxy) is 3. The van der Waals surface area contributed by atoms with Crippen molar-refractivity contribution in [3.63, 3.8) is 0 Å². The molecule has 0 saturated heterocycles. The largest absolute Gasteiger partial charge is 0.493 e. The Bertz CT molecular complexity index is 576. The average molecular weight is 294 g/mol. The van der Waals surface area contributed by atoms with Crippen LogP contribution < -0.4 is 14.2 Å². The van der Waals surface area contributed by atoms with Crippen LogP contribution >= 0.6 is 11.6 Å². The van der Waals surface area contributed by atoms with Gasteiger partial charge in [0.05, 0.1) is 21.3 Å². The van der Waals surface area contributed by atoms with E-state index in [1.165, 1.54) is 0 Å². The molecule has 2 aromatic rings. The number of halogens is 1. The molecule has 0 N–H and O–H groups in total. The molecule has 4 nitrogen and oxygen atoms in total. The highest BCUT2D eigenvalue weighted by Gasteiger charge is 2.14. The monoisotopic (exact) mass is 293 g/mol. The van der Waals surface area contributed by atoms with Crippen molar-refractivity contribution in [1.29, 1.82) is 0 Å². The standard InChI is InChI=1S/C15H16ClNO3/c1-18-13-5-11(6-14(19-2)15(13)20-3)12-4-10(7-16)8-17-9-12/h4-6,8-9H,7H2,1-3H3. The third kappa shape index (κ3) is 2.80. The molecule has 1 heterocycles. The van der Waals surface area contributed by atoms with Gasteiger partial charge in [0.1, 0.15) is 0 Å². The molecule has 0 amide bonds. The second kappa shape index (κ2) is 6.48. The summed E-state index contributed by atoms with van der Waals surface area (Å²) in [5.74, 6) is 2.21. The molecule has 1 aromatic carbocycles. The summed E-state index contributed by atoms with van der Waals surface area (Å²) in [5, 5.41) is 0. The fraction of sp³-hybridized carbons (Fsp3) is 0.267. The molecule has 0 aliphatic heterocycles. The lowest BCUT2D eigenvalue weighted by Crippen LogP contribution is -1.96. The van der Waals surface area contributed by atoms with Gasteiger partial charge in [-0.15, -0.1) is 11.6 Å². The minimum atomic E-state index is 0.422. The molecule has 0 aliphatic carbocycles. The van der Waals surface area contributed by atoms with Crippen molar-refractivity contribution >= 4 is 11.6 Å². The van der Waals surface area contributed by atoms with Crippen molar-refractivity contribution in [2.45, 2.75) is 5.88 Å². The number of methoxy groups -OCH3 is 3. The second-order valence-electron chi connectivity index (χ2n) is 4.13. The van der Waals surface area contributed by atoms with E-state index < -0.39 is 0 Å². The summed E-state index contributed by atoms with van der Waals surface area (Å²) in [4.78, 5) is 4.19. The van der Waals surface area contributed by atoms with Crippen molar-refractivity contribution in [1.82, 2.24) is 4.98 Å². The van der Waals surface area contributed by atoms with Crippen LogP contribution in [0.15, 0.2) is 30.6 Å². The molecule has 1 aromatic heterocycles. The third-order valence-electron chi connectivity index (χ3n) is 2.95. The van der Waals surface area contributed by atoms with Crippen LogP contribution in [-0.4, -0.2) is 26.3 Å².